The van der Waals surface area contributed by atoms with Gasteiger partial charge in [0.1, 0.15) is 0 Å². The van der Waals surface area contributed by atoms with Crippen LogP contribution in [0.2, 0.25) is 0 Å². The maximum atomic E-state index is 2.48. The Morgan fingerprint density at radius 2 is 0.343 bits per heavy atom. The van der Waals surface area contributed by atoms with Crippen LogP contribution in [0.5, 0.6) is 0 Å². The van der Waals surface area contributed by atoms with Gasteiger partial charge in [-0.3, -0.25) is 0 Å². The first-order chi connectivity index (χ1) is 66.6. The summed E-state index contributed by atoms with van der Waals surface area (Å²) in [6.45, 7) is 0. The van der Waals surface area contributed by atoms with Crippen molar-refractivity contribution >= 4 is 130 Å². The molecule has 27 aromatic rings. The van der Waals surface area contributed by atoms with Crippen LogP contribution in [0.15, 0.2) is 485 Å². The van der Waals surface area contributed by atoms with E-state index in [1.54, 1.807) is 0 Å². The van der Waals surface area contributed by atoms with Crippen molar-refractivity contribution in [2.45, 2.75) is 0 Å². The Hall–Kier alpha value is -17.7. The van der Waals surface area contributed by atoms with E-state index < -0.39 is 0 Å². The van der Waals surface area contributed by atoms with Crippen molar-refractivity contribution in [1.29, 1.82) is 0 Å². The van der Waals surface area contributed by atoms with E-state index in [1.165, 1.54) is 275 Å². The number of aromatic nitrogens is 4. The molecule has 0 saturated heterocycles. The van der Waals surface area contributed by atoms with Crippen LogP contribution in [0.3, 0.4) is 0 Å². The summed E-state index contributed by atoms with van der Waals surface area (Å²) in [7, 11) is 0. The van der Waals surface area contributed by atoms with Gasteiger partial charge < -0.3 is 18.3 Å². The van der Waals surface area contributed by atoms with Gasteiger partial charge >= 0.3 is 0 Å². The van der Waals surface area contributed by atoms with Crippen molar-refractivity contribution in [3.05, 3.63) is 485 Å². The highest BCUT2D eigenvalue weighted by molar-refractivity contribution is 6.32. The van der Waals surface area contributed by atoms with E-state index in [0.29, 0.717) is 0 Å². The lowest BCUT2D eigenvalue weighted by molar-refractivity contribution is 1.19. The molecule has 4 aliphatic rings. The molecule has 4 nitrogen and oxygen atoms in total. The van der Waals surface area contributed by atoms with Crippen molar-refractivity contribution in [2.24, 2.45) is 0 Å². The molecule has 4 aliphatic carbocycles. The molecule has 0 spiro atoms. The van der Waals surface area contributed by atoms with Crippen LogP contribution in [0, 0.1) is 0 Å². The first kappa shape index (κ1) is 75.3. The monoisotopic (exact) mass is 1700 g/mol. The van der Waals surface area contributed by atoms with Crippen molar-refractivity contribution in [3.63, 3.8) is 0 Å². The van der Waals surface area contributed by atoms with Crippen molar-refractivity contribution in [1.82, 2.24) is 18.3 Å². The number of rotatable bonds is 7. The number of nitrogens with zero attached hydrogens (tertiary/aromatic N) is 4. The summed E-state index contributed by atoms with van der Waals surface area (Å²) in [5.74, 6) is 0. The van der Waals surface area contributed by atoms with Gasteiger partial charge in [0.15, 0.2) is 0 Å². The highest BCUT2D eigenvalue weighted by atomic mass is 15.0. The fourth-order valence-corrected chi connectivity index (χ4v) is 23.3. The minimum atomic E-state index is 1.19. The van der Waals surface area contributed by atoms with E-state index >= 15 is 0 Å². The van der Waals surface area contributed by atoms with Crippen LogP contribution in [0.25, 0.3) is 275 Å². The second kappa shape index (κ2) is 29.9. The lowest BCUT2D eigenvalue weighted by atomic mass is 9.99. The summed E-state index contributed by atoms with van der Waals surface area (Å²) in [6.07, 6.45) is 0. The average molecular weight is 1700 g/mol. The molecule has 0 unspecified atom stereocenters. The van der Waals surface area contributed by atoms with E-state index in [1.807, 2.05) is 0 Å². The minimum absolute atomic E-state index is 1.19. The summed E-state index contributed by atoms with van der Waals surface area (Å²) >= 11 is 0. The topological polar surface area (TPSA) is 19.7 Å². The highest BCUT2D eigenvalue weighted by Gasteiger charge is 2.32. The van der Waals surface area contributed by atoms with Gasteiger partial charge in [0.25, 0.3) is 0 Å². The molecule has 0 aliphatic heterocycles. The van der Waals surface area contributed by atoms with Crippen molar-refractivity contribution in [2.75, 3.05) is 0 Å². The fraction of sp³-hybridized carbons (Fsp3) is 0. The molecular weight excluding hydrogens is 1620 g/mol. The van der Waals surface area contributed by atoms with Crippen LogP contribution in [-0.4, -0.2) is 18.3 Å². The van der Waals surface area contributed by atoms with Gasteiger partial charge in [0, 0.05) is 87.3 Å². The molecule has 0 saturated carbocycles. The van der Waals surface area contributed by atoms with Crippen LogP contribution in [0.4, 0.5) is 0 Å². The van der Waals surface area contributed by atoms with Crippen molar-refractivity contribution < 1.29 is 0 Å². The third-order valence-corrected chi connectivity index (χ3v) is 28.9. The van der Waals surface area contributed by atoms with Gasteiger partial charge in [-0.15, -0.1) is 0 Å². The van der Waals surface area contributed by atoms with Gasteiger partial charge in [-0.2, -0.15) is 0 Å². The summed E-state index contributed by atoms with van der Waals surface area (Å²) in [4.78, 5) is 0. The molecule has 0 N–H and O–H groups in total. The van der Waals surface area contributed by atoms with Gasteiger partial charge in [-0.1, -0.05) is 394 Å². The number of fused-ring (bicyclic) bond motifs is 28. The standard InChI is InChI=1S/3C34H21N.C28H17N/c1-2-11-22(12-3-1)23-13-6-8-19-31(23)35-32-20-9-7-16-26(32)30-21-29-25-15-5-4-14-24(25)27-17-10-18-28(33(27)29)34(30)35;1-2-10-22(11-3-1)23-12-8-13-24(20-23)35-32-19-7-6-16-27(32)31-21-30-26-15-5-4-14-25(26)28-17-9-18-29(33(28)30)34(31)35;1-2-9-22(10-3-1)23-17-19-24(20-18-23)35-32-16-7-6-13-27(32)31-21-30-26-12-5-4-11-25(26)28-14-8-15-29(33(28)30)34(31)35;1-2-9-18(10-3-1)29-26-16-7-6-13-21(26)25-17-24-20-12-5-4-11-19(20)22-14-8-15-23(27(22)24)28(25)29/h3*1-21H;1-17H. The predicted molar refractivity (Wildman–Crippen MR) is 567 cm³/mol. The average Bonchev–Trinajstić information content (AvgIpc) is 1.56. The summed E-state index contributed by atoms with van der Waals surface area (Å²) < 4.78 is 9.82. The second-order valence-electron chi connectivity index (χ2n) is 35.8. The Morgan fingerprint density at radius 1 is 0.112 bits per heavy atom. The van der Waals surface area contributed by atoms with Crippen LogP contribution in [0.1, 0.15) is 0 Å². The molecule has 0 radical (unpaired) electrons. The normalized spacial score (nSPS) is 12.0. The smallest absolute Gasteiger partial charge is 0.0620 e. The zero-order chi connectivity index (χ0) is 87.7. The third kappa shape index (κ3) is 11.2. The first-order valence-electron chi connectivity index (χ1n) is 46.5. The molecule has 31 rings (SSSR count). The van der Waals surface area contributed by atoms with Crippen LogP contribution in [-0.2, 0) is 0 Å². The summed E-state index contributed by atoms with van der Waals surface area (Å²) in [5.41, 5.74) is 43.8. The molecule has 4 heteroatoms. The van der Waals surface area contributed by atoms with E-state index in [2.05, 4.69) is 504 Å². The van der Waals surface area contributed by atoms with Crippen LogP contribution < -0.4 is 0 Å². The number of hydrogen-bond donors (Lipinski definition) is 0. The van der Waals surface area contributed by atoms with Crippen LogP contribution >= 0.6 is 0 Å². The molecule has 4 aromatic heterocycles. The lowest BCUT2D eigenvalue weighted by Crippen LogP contribution is -1.97. The zero-order valence-corrected chi connectivity index (χ0v) is 73.0. The molecule has 4 heterocycles. The van der Waals surface area contributed by atoms with Gasteiger partial charge in [-0.05, 0) is 229 Å². The van der Waals surface area contributed by atoms with E-state index in [9.17, 15) is 0 Å². The molecule has 23 aromatic carbocycles. The zero-order valence-electron chi connectivity index (χ0n) is 73.0. The maximum Gasteiger partial charge on any atom is 0.0620 e. The first-order valence-corrected chi connectivity index (χ1v) is 46.5. The Kier molecular flexibility index (Phi) is 16.8. The molecule has 620 valence electrons. The summed E-state index contributed by atoms with van der Waals surface area (Å²) in [6, 6.07) is 177. The maximum absolute atomic E-state index is 2.48. The Balaban J connectivity index is 0.0000000892. The number of para-hydroxylation sites is 6. The van der Waals surface area contributed by atoms with Gasteiger partial charge in [0.2, 0.25) is 0 Å². The fourth-order valence-electron chi connectivity index (χ4n) is 23.3. The van der Waals surface area contributed by atoms with E-state index in [-0.39, 0.29) is 0 Å². The number of hydrogen-bond acceptors (Lipinski definition) is 0. The van der Waals surface area contributed by atoms with Crippen molar-refractivity contribution in [3.8, 4) is 145 Å². The predicted octanol–water partition coefficient (Wildman–Crippen LogP) is 35.3. The number of benzene rings is 23. The molecule has 0 fully saturated rings. The van der Waals surface area contributed by atoms with E-state index in [0.717, 1.165) is 0 Å². The molecule has 0 amide bonds. The van der Waals surface area contributed by atoms with Gasteiger partial charge in [-0.25, -0.2) is 0 Å². The Bertz CT molecular complexity index is 9600. The molecule has 0 atom stereocenters. The molecular formula is C130H80N4. The quantitative estimate of drug-likeness (QED) is 0.152. The molecule has 134 heavy (non-hydrogen) atoms. The third-order valence-electron chi connectivity index (χ3n) is 28.9. The second-order valence-corrected chi connectivity index (χ2v) is 35.8. The Labute approximate surface area is 773 Å². The summed E-state index contributed by atoms with van der Waals surface area (Å²) in [5, 5.41) is 21.2. The SMILES string of the molecule is c1ccc(-c2ccc(-n3c4ccccc4c4cc5c6c(cccc6c43)-c3ccccc3-5)cc2)cc1.c1ccc(-c2cccc(-n3c4ccccc4c4cc5c6c(cccc6c43)-c3ccccc3-5)c2)cc1.c1ccc(-c2ccccc2-n2c3ccccc3c3cc4c5c(cccc5c32)-c2ccccc2-4)cc1.c1ccc(-n2c3ccccc3c3cc4c5c(cccc5c32)-c2ccccc2-4)cc1. The van der Waals surface area contributed by atoms with E-state index in [4.69, 9.17) is 0 Å². The lowest BCUT2D eigenvalue weighted by Gasteiger charge is -2.15. The molecule has 0 bridgehead atoms. The highest BCUT2D eigenvalue weighted by Crippen LogP contribution is 2.57. The van der Waals surface area contributed by atoms with Gasteiger partial charge in [0.05, 0.1) is 49.8 Å². The largest absolute Gasteiger partial charge is 0.309 e. The Morgan fingerprint density at radius 3 is 0.716 bits per heavy atom. The minimum Gasteiger partial charge on any atom is -0.309 e.